The molecule has 2 atom stereocenters. The van der Waals surface area contributed by atoms with Crippen molar-refractivity contribution in [2.45, 2.75) is 24.6 Å². The van der Waals surface area contributed by atoms with Crippen LogP contribution in [0.15, 0.2) is 54.6 Å². The zero-order valence-electron chi connectivity index (χ0n) is 13.6. The minimum atomic E-state index is -3.47. The zero-order chi connectivity index (χ0) is 17.7. The van der Waals surface area contributed by atoms with Crippen molar-refractivity contribution in [2.75, 3.05) is 6.26 Å². The first-order valence-corrected chi connectivity index (χ1v) is 9.51. The highest BCUT2D eigenvalue weighted by Crippen LogP contribution is 2.19. The van der Waals surface area contributed by atoms with Crippen molar-refractivity contribution in [3.05, 3.63) is 71.5 Å². The van der Waals surface area contributed by atoms with Gasteiger partial charge in [-0.25, -0.2) is 12.8 Å². The molecule has 0 unspecified atom stereocenters. The van der Waals surface area contributed by atoms with E-state index in [1.807, 2.05) is 30.3 Å². The van der Waals surface area contributed by atoms with Crippen LogP contribution in [0.25, 0.3) is 0 Å². The van der Waals surface area contributed by atoms with Crippen LogP contribution >= 0.6 is 0 Å². The van der Waals surface area contributed by atoms with Gasteiger partial charge in [-0.05, 0) is 36.6 Å². The zero-order valence-corrected chi connectivity index (χ0v) is 14.4. The van der Waals surface area contributed by atoms with E-state index < -0.39 is 27.0 Å². The molecule has 1 N–H and O–H groups in total. The number of sulfone groups is 1. The Bertz CT molecular complexity index is 789. The van der Waals surface area contributed by atoms with Crippen molar-refractivity contribution in [3.8, 4) is 0 Å². The van der Waals surface area contributed by atoms with E-state index in [2.05, 4.69) is 5.32 Å². The number of rotatable bonds is 6. The quantitative estimate of drug-likeness (QED) is 0.872. The van der Waals surface area contributed by atoms with Gasteiger partial charge in [-0.3, -0.25) is 4.79 Å². The molecule has 0 aromatic heterocycles. The Morgan fingerprint density at radius 3 is 2.21 bits per heavy atom. The van der Waals surface area contributed by atoms with Crippen LogP contribution in [-0.2, 0) is 21.1 Å². The molecule has 1 amide bonds. The molecule has 2 aromatic carbocycles. The molecule has 2 aromatic rings. The second-order valence-corrected chi connectivity index (χ2v) is 8.14. The Morgan fingerprint density at radius 2 is 1.67 bits per heavy atom. The Kier molecular flexibility index (Phi) is 5.72. The minimum absolute atomic E-state index is 0.329. The molecule has 0 saturated heterocycles. The molecule has 0 spiro atoms. The highest BCUT2D eigenvalue weighted by Gasteiger charge is 2.26. The predicted molar refractivity (Wildman–Crippen MR) is 91.7 cm³/mol. The smallest absolute Gasteiger partial charge is 0.238 e. The molecule has 0 bridgehead atoms. The molecular weight excluding hydrogens is 329 g/mol. The van der Waals surface area contributed by atoms with Gasteiger partial charge in [-0.2, -0.15) is 0 Å². The van der Waals surface area contributed by atoms with Gasteiger partial charge in [0.2, 0.25) is 5.91 Å². The fraction of sp³-hybridized carbons (Fsp3) is 0.278. The van der Waals surface area contributed by atoms with E-state index in [0.29, 0.717) is 6.42 Å². The normalized spacial score (nSPS) is 14.0. The summed E-state index contributed by atoms with van der Waals surface area (Å²) in [6.07, 6.45) is 1.47. The SMILES string of the molecule is C[C@@H](C(=O)N[C@@H](Cc1ccc(F)cc1)c1ccccc1)S(C)(=O)=O. The highest BCUT2D eigenvalue weighted by molar-refractivity contribution is 7.92. The summed E-state index contributed by atoms with van der Waals surface area (Å²) >= 11 is 0. The van der Waals surface area contributed by atoms with Crippen LogP contribution < -0.4 is 5.32 Å². The van der Waals surface area contributed by atoms with Gasteiger partial charge >= 0.3 is 0 Å². The first-order valence-electron chi connectivity index (χ1n) is 7.56. The lowest BCUT2D eigenvalue weighted by Crippen LogP contribution is -2.40. The molecule has 6 heteroatoms. The third-order valence-electron chi connectivity index (χ3n) is 3.88. The van der Waals surface area contributed by atoms with E-state index in [4.69, 9.17) is 0 Å². The van der Waals surface area contributed by atoms with Crippen LogP contribution in [0, 0.1) is 5.82 Å². The number of halogens is 1. The average Bonchev–Trinajstić information content (AvgIpc) is 2.55. The van der Waals surface area contributed by atoms with Crippen LogP contribution in [-0.4, -0.2) is 25.8 Å². The molecule has 0 radical (unpaired) electrons. The van der Waals surface area contributed by atoms with Gasteiger partial charge < -0.3 is 5.32 Å². The van der Waals surface area contributed by atoms with Crippen LogP contribution in [0.3, 0.4) is 0 Å². The summed E-state index contributed by atoms with van der Waals surface area (Å²) < 4.78 is 36.2. The Balaban J connectivity index is 2.23. The number of benzene rings is 2. The number of hydrogen-bond acceptors (Lipinski definition) is 3. The van der Waals surface area contributed by atoms with E-state index in [-0.39, 0.29) is 5.82 Å². The van der Waals surface area contributed by atoms with Crippen molar-refractivity contribution < 1.29 is 17.6 Å². The van der Waals surface area contributed by atoms with Crippen LogP contribution in [0.2, 0.25) is 0 Å². The fourth-order valence-corrected chi connectivity index (χ4v) is 2.73. The van der Waals surface area contributed by atoms with E-state index in [1.54, 1.807) is 12.1 Å². The largest absolute Gasteiger partial charge is 0.348 e. The molecule has 128 valence electrons. The predicted octanol–water partition coefficient (Wildman–Crippen LogP) is 2.66. The van der Waals surface area contributed by atoms with Gasteiger partial charge in [0.25, 0.3) is 0 Å². The maximum Gasteiger partial charge on any atom is 0.238 e. The maximum absolute atomic E-state index is 13.1. The van der Waals surface area contributed by atoms with Gasteiger partial charge in [0, 0.05) is 6.26 Å². The molecule has 4 nitrogen and oxygen atoms in total. The third kappa shape index (κ3) is 4.89. The molecular formula is C18H20FNO3S. The van der Waals surface area contributed by atoms with Gasteiger partial charge in [-0.1, -0.05) is 42.5 Å². The van der Waals surface area contributed by atoms with Gasteiger partial charge in [-0.15, -0.1) is 0 Å². The lowest BCUT2D eigenvalue weighted by atomic mass is 9.98. The molecule has 0 aliphatic carbocycles. The minimum Gasteiger partial charge on any atom is -0.348 e. The number of amides is 1. The van der Waals surface area contributed by atoms with Gasteiger partial charge in [0.1, 0.15) is 11.1 Å². The first kappa shape index (κ1) is 18.1. The molecule has 0 heterocycles. The summed E-state index contributed by atoms with van der Waals surface area (Å²) in [4.78, 5) is 12.3. The second-order valence-electron chi connectivity index (χ2n) is 5.77. The van der Waals surface area contributed by atoms with Crippen molar-refractivity contribution >= 4 is 15.7 Å². The van der Waals surface area contributed by atoms with Crippen molar-refractivity contribution in [2.24, 2.45) is 0 Å². The van der Waals surface area contributed by atoms with Crippen molar-refractivity contribution in [1.82, 2.24) is 5.32 Å². The van der Waals surface area contributed by atoms with Crippen molar-refractivity contribution in [1.29, 1.82) is 0 Å². The number of nitrogens with one attached hydrogen (secondary N) is 1. The molecule has 0 saturated carbocycles. The number of carbonyl (C=O) groups excluding carboxylic acids is 1. The highest BCUT2D eigenvalue weighted by atomic mass is 32.2. The summed E-state index contributed by atoms with van der Waals surface area (Å²) in [6, 6.07) is 14.9. The second kappa shape index (κ2) is 7.57. The summed E-state index contributed by atoms with van der Waals surface area (Å²) in [6.45, 7) is 1.37. The number of hydrogen-bond donors (Lipinski definition) is 1. The van der Waals surface area contributed by atoms with E-state index in [1.165, 1.54) is 19.1 Å². The van der Waals surface area contributed by atoms with E-state index in [0.717, 1.165) is 17.4 Å². The maximum atomic E-state index is 13.1. The monoisotopic (exact) mass is 349 g/mol. The van der Waals surface area contributed by atoms with Crippen LogP contribution in [0.5, 0.6) is 0 Å². The molecule has 0 fully saturated rings. The first-order chi connectivity index (χ1) is 11.3. The lowest BCUT2D eigenvalue weighted by molar-refractivity contribution is -0.121. The lowest BCUT2D eigenvalue weighted by Gasteiger charge is -2.21. The van der Waals surface area contributed by atoms with Crippen LogP contribution in [0.1, 0.15) is 24.1 Å². The summed E-state index contributed by atoms with van der Waals surface area (Å²) in [5.74, 6) is -0.877. The fourth-order valence-electron chi connectivity index (χ4n) is 2.28. The van der Waals surface area contributed by atoms with Crippen molar-refractivity contribution in [3.63, 3.8) is 0 Å². The molecule has 24 heavy (non-hydrogen) atoms. The molecule has 0 aliphatic rings. The van der Waals surface area contributed by atoms with Crippen LogP contribution in [0.4, 0.5) is 4.39 Å². The topological polar surface area (TPSA) is 63.2 Å². The van der Waals surface area contributed by atoms with E-state index in [9.17, 15) is 17.6 Å². The standard InChI is InChI=1S/C18H20FNO3S/c1-13(24(2,22)23)18(21)20-17(15-6-4-3-5-7-15)12-14-8-10-16(19)11-9-14/h3-11,13,17H,12H2,1-2H3,(H,20,21)/t13-,17-/m0/s1. The summed E-state index contributed by atoms with van der Waals surface area (Å²) in [5, 5.41) is 1.66. The summed E-state index contributed by atoms with van der Waals surface area (Å²) in [7, 11) is -3.47. The third-order valence-corrected chi connectivity index (χ3v) is 5.38. The average molecular weight is 349 g/mol. The Labute approximate surface area is 141 Å². The molecule has 0 aliphatic heterocycles. The number of carbonyl (C=O) groups is 1. The Morgan fingerprint density at radius 1 is 1.08 bits per heavy atom. The van der Waals surface area contributed by atoms with Gasteiger partial charge in [0.05, 0.1) is 6.04 Å². The van der Waals surface area contributed by atoms with Gasteiger partial charge in [0.15, 0.2) is 9.84 Å². The summed E-state index contributed by atoms with van der Waals surface area (Å²) in [5.41, 5.74) is 1.70. The molecule has 2 rings (SSSR count). The van der Waals surface area contributed by atoms with E-state index >= 15 is 0 Å². The Hall–Kier alpha value is -2.21.